The Morgan fingerprint density at radius 2 is 1.83 bits per heavy atom. The zero-order chi connectivity index (χ0) is 21.5. The second kappa shape index (κ2) is 11.1. The molecule has 160 valence electrons. The molecular formula is C23H26Cl2N2O2S. The van der Waals surface area contributed by atoms with E-state index in [9.17, 15) is 9.59 Å². The number of benzene rings is 2. The van der Waals surface area contributed by atoms with Crippen LogP contribution >= 0.6 is 35.0 Å². The first-order valence-corrected chi connectivity index (χ1v) is 11.9. The Balaban J connectivity index is 1.73. The molecule has 7 heteroatoms. The number of carbonyl (C=O) groups is 2. The minimum absolute atomic E-state index is 0.107. The van der Waals surface area contributed by atoms with Gasteiger partial charge in [-0.1, -0.05) is 60.3 Å². The van der Waals surface area contributed by atoms with Crippen molar-refractivity contribution in [2.75, 3.05) is 5.75 Å². The van der Waals surface area contributed by atoms with Gasteiger partial charge in [-0.2, -0.15) is 0 Å². The van der Waals surface area contributed by atoms with Gasteiger partial charge in [-0.15, -0.1) is 11.8 Å². The van der Waals surface area contributed by atoms with Crippen molar-refractivity contribution in [3.63, 3.8) is 0 Å². The van der Waals surface area contributed by atoms with Crippen LogP contribution in [0.15, 0.2) is 53.4 Å². The fraction of sp³-hybridized carbons (Fsp3) is 0.391. The summed E-state index contributed by atoms with van der Waals surface area (Å²) in [5.41, 5.74) is 0.764. The molecule has 1 atom stereocenters. The predicted octanol–water partition coefficient (Wildman–Crippen LogP) is 5.56. The lowest BCUT2D eigenvalue weighted by Crippen LogP contribution is -2.50. The Hall–Kier alpha value is -1.69. The van der Waals surface area contributed by atoms with E-state index in [1.165, 1.54) is 11.8 Å². The van der Waals surface area contributed by atoms with Gasteiger partial charge in [-0.05, 0) is 49.6 Å². The molecule has 0 bridgehead atoms. The van der Waals surface area contributed by atoms with Gasteiger partial charge in [0.1, 0.15) is 6.04 Å². The molecule has 4 nitrogen and oxygen atoms in total. The van der Waals surface area contributed by atoms with E-state index in [2.05, 4.69) is 5.32 Å². The van der Waals surface area contributed by atoms with Gasteiger partial charge >= 0.3 is 0 Å². The minimum Gasteiger partial charge on any atom is -0.352 e. The molecule has 1 fully saturated rings. The van der Waals surface area contributed by atoms with Gasteiger partial charge < -0.3 is 10.2 Å². The number of hydrogen-bond acceptors (Lipinski definition) is 3. The Morgan fingerprint density at radius 1 is 1.13 bits per heavy atom. The van der Waals surface area contributed by atoms with Crippen molar-refractivity contribution in [1.82, 2.24) is 10.2 Å². The Morgan fingerprint density at radius 3 is 2.50 bits per heavy atom. The number of hydrogen-bond donors (Lipinski definition) is 1. The second-order valence-electron chi connectivity index (χ2n) is 7.53. The SMILES string of the molecule is C[C@@H](C(=O)NC1CCCC1)N(Cc1ccc(Cl)cc1Cl)C(=O)CSc1ccccc1. The number of rotatable bonds is 8. The summed E-state index contributed by atoms with van der Waals surface area (Å²) in [4.78, 5) is 28.6. The first-order valence-electron chi connectivity index (χ1n) is 10.2. The molecule has 0 radical (unpaired) electrons. The van der Waals surface area contributed by atoms with Crippen LogP contribution in [-0.4, -0.2) is 34.6 Å². The number of halogens is 2. The molecule has 1 aliphatic rings. The third kappa shape index (κ3) is 6.40. The highest BCUT2D eigenvalue weighted by molar-refractivity contribution is 8.00. The summed E-state index contributed by atoms with van der Waals surface area (Å²) in [7, 11) is 0. The second-order valence-corrected chi connectivity index (χ2v) is 9.42. The molecular weight excluding hydrogens is 439 g/mol. The third-order valence-corrected chi connectivity index (χ3v) is 6.91. The molecule has 0 aliphatic heterocycles. The van der Waals surface area contributed by atoms with E-state index in [0.29, 0.717) is 10.0 Å². The van der Waals surface area contributed by atoms with Crippen molar-refractivity contribution in [1.29, 1.82) is 0 Å². The highest BCUT2D eigenvalue weighted by Gasteiger charge is 2.28. The largest absolute Gasteiger partial charge is 0.352 e. The summed E-state index contributed by atoms with van der Waals surface area (Å²) in [6.45, 7) is 2.03. The van der Waals surface area contributed by atoms with Gasteiger partial charge in [-0.3, -0.25) is 9.59 Å². The third-order valence-electron chi connectivity index (χ3n) is 5.33. The molecule has 1 aliphatic carbocycles. The van der Waals surface area contributed by atoms with Crippen LogP contribution in [0.3, 0.4) is 0 Å². The maximum absolute atomic E-state index is 13.1. The van der Waals surface area contributed by atoms with Crippen molar-refractivity contribution in [2.24, 2.45) is 0 Å². The van der Waals surface area contributed by atoms with Crippen molar-refractivity contribution in [3.05, 3.63) is 64.1 Å². The predicted molar refractivity (Wildman–Crippen MR) is 124 cm³/mol. The molecule has 0 aromatic heterocycles. The Kier molecular flexibility index (Phi) is 8.49. The van der Waals surface area contributed by atoms with Crippen molar-refractivity contribution >= 4 is 46.8 Å². The fourth-order valence-corrected chi connectivity index (χ4v) is 4.83. The standard InChI is InChI=1S/C23H26Cl2N2O2S/c1-16(23(29)26-19-7-5-6-8-19)27(14-17-11-12-18(24)13-21(17)25)22(28)15-30-20-9-3-2-4-10-20/h2-4,9-13,16,19H,5-8,14-15H2,1H3,(H,26,29)/t16-/m0/s1. The topological polar surface area (TPSA) is 49.4 Å². The van der Waals surface area contributed by atoms with E-state index < -0.39 is 6.04 Å². The molecule has 0 unspecified atom stereocenters. The molecule has 1 saturated carbocycles. The van der Waals surface area contributed by atoms with Crippen LogP contribution in [0.2, 0.25) is 10.0 Å². The minimum atomic E-state index is -0.596. The van der Waals surface area contributed by atoms with Crippen LogP contribution in [0.5, 0.6) is 0 Å². The first kappa shape index (κ1) is 23.0. The normalized spacial score (nSPS) is 15.0. The molecule has 0 spiro atoms. The van der Waals surface area contributed by atoms with Crippen LogP contribution < -0.4 is 5.32 Å². The lowest BCUT2D eigenvalue weighted by molar-refractivity contribution is -0.138. The van der Waals surface area contributed by atoms with Gasteiger partial charge in [0, 0.05) is 27.5 Å². The van der Waals surface area contributed by atoms with Crippen LogP contribution in [0.25, 0.3) is 0 Å². The molecule has 0 heterocycles. The number of amides is 2. The molecule has 2 aromatic rings. The molecule has 2 amide bonds. The Labute approximate surface area is 192 Å². The number of nitrogens with one attached hydrogen (secondary N) is 1. The van der Waals surface area contributed by atoms with Gasteiger partial charge in [0.2, 0.25) is 11.8 Å². The van der Waals surface area contributed by atoms with E-state index in [-0.39, 0.29) is 30.2 Å². The van der Waals surface area contributed by atoms with E-state index in [4.69, 9.17) is 23.2 Å². The summed E-state index contributed by atoms with van der Waals surface area (Å²) in [6, 6.07) is 14.6. The lowest BCUT2D eigenvalue weighted by atomic mass is 10.1. The van der Waals surface area contributed by atoms with Crippen molar-refractivity contribution in [3.8, 4) is 0 Å². The monoisotopic (exact) mass is 464 g/mol. The van der Waals surface area contributed by atoms with Gasteiger partial charge in [0.05, 0.1) is 5.75 Å². The van der Waals surface area contributed by atoms with Crippen LogP contribution in [0.1, 0.15) is 38.2 Å². The smallest absolute Gasteiger partial charge is 0.242 e. The van der Waals surface area contributed by atoms with Crippen molar-refractivity contribution in [2.45, 2.75) is 56.1 Å². The average molecular weight is 465 g/mol. The summed E-state index contributed by atoms with van der Waals surface area (Å²) in [6.07, 6.45) is 4.27. The summed E-state index contributed by atoms with van der Waals surface area (Å²) < 4.78 is 0. The average Bonchev–Trinajstić information content (AvgIpc) is 3.25. The maximum Gasteiger partial charge on any atom is 0.242 e. The fourth-order valence-electron chi connectivity index (χ4n) is 3.55. The maximum atomic E-state index is 13.1. The highest BCUT2D eigenvalue weighted by Crippen LogP contribution is 2.25. The highest BCUT2D eigenvalue weighted by atomic mass is 35.5. The lowest BCUT2D eigenvalue weighted by Gasteiger charge is -2.30. The quantitative estimate of drug-likeness (QED) is 0.520. The molecule has 3 rings (SSSR count). The summed E-state index contributed by atoms with van der Waals surface area (Å²) >= 11 is 13.8. The van der Waals surface area contributed by atoms with Crippen molar-refractivity contribution < 1.29 is 9.59 Å². The van der Waals surface area contributed by atoms with Crippen LogP contribution in [0, 0.1) is 0 Å². The van der Waals surface area contributed by atoms with E-state index in [0.717, 1.165) is 36.1 Å². The van der Waals surface area contributed by atoms with Crippen LogP contribution in [0.4, 0.5) is 0 Å². The van der Waals surface area contributed by atoms with E-state index in [1.54, 1.807) is 30.0 Å². The molecule has 30 heavy (non-hydrogen) atoms. The van der Waals surface area contributed by atoms with E-state index in [1.807, 2.05) is 30.3 Å². The number of carbonyl (C=O) groups excluding carboxylic acids is 2. The molecule has 2 aromatic carbocycles. The first-order chi connectivity index (χ1) is 14.4. The zero-order valence-corrected chi connectivity index (χ0v) is 19.3. The summed E-state index contributed by atoms with van der Waals surface area (Å²) in [5, 5.41) is 4.12. The molecule has 0 saturated heterocycles. The Bertz CT molecular complexity index is 873. The zero-order valence-electron chi connectivity index (χ0n) is 16.9. The number of thioether (sulfide) groups is 1. The number of nitrogens with zero attached hydrogens (tertiary/aromatic N) is 1. The van der Waals surface area contributed by atoms with Gasteiger partial charge in [-0.25, -0.2) is 0 Å². The van der Waals surface area contributed by atoms with Gasteiger partial charge in [0.25, 0.3) is 0 Å². The summed E-state index contributed by atoms with van der Waals surface area (Å²) in [5.74, 6) is 0.0185. The molecule has 1 N–H and O–H groups in total. The van der Waals surface area contributed by atoms with Gasteiger partial charge in [0.15, 0.2) is 0 Å². The van der Waals surface area contributed by atoms with Crippen LogP contribution in [-0.2, 0) is 16.1 Å². The van der Waals surface area contributed by atoms with E-state index >= 15 is 0 Å².